The average Bonchev–Trinajstić information content (AvgIpc) is 2.86. The van der Waals surface area contributed by atoms with E-state index in [9.17, 15) is 4.79 Å². The second-order valence-electron chi connectivity index (χ2n) is 3.99. The Bertz CT molecular complexity index is 637. The van der Waals surface area contributed by atoms with Crippen molar-refractivity contribution in [1.29, 1.82) is 0 Å². The van der Waals surface area contributed by atoms with Crippen LogP contribution in [0.25, 0.3) is 10.6 Å². The number of thiazole rings is 1. The lowest BCUT2D eigenvalue weighted by atomic mass is 10.0. The van der Waals surface area contributed by atoms with E-state index in [1.165, 1.54) is 11.3 Å². The zero-order valence-electron chi connectivity index (χ0n) is 10.3. The third kappa shape index (κ3) is 3.55. The van der Waals surface area contributed by atoms with Crippen LogP contribution < -0.4 is 0 Å². The summed E-state index contributed by atoms with van der Waals surface area (Å²) in [5, 5.41) is 21.5. The zero-order chi connectivity index (χ0) is 14.5. The minimum absolute atomic E-state index is 0.0801. The molecule has 1 aromatic heterocycles. The summed E-state index contributed by atoms with van der Waals surface area (Å²) in [5.41, 5.74) is 1.93. The van der Waals surface area contributed by atoms with Gasteiger partial charge in [-0.3, -0.25) is 4.79 Å². The number of oxime groups is 1. The molecule has 20 heavy (non-hydrogen) atoms. The number of aliphatic carboxylic acids is 1. The van der Waals surface area contributed by atoms with Crippen LogP contribution in [0.2, 0.25) is 4.34 Å². The van der Waals surface area contributed by atoms with E-state index in [-0.39, 0.29) is 12.8 Å². The quantitative estimate of drug-likeness (QED) is 0.503. The van der Waals surface area contributed by atoms with Crippen LogP contribution >= 0.6 is 22.9 Å². The molecule has 0 saturated heterocycles. The fourth-order valence-corrected chi connectivity index (χ4v) is 2.59. The molecular weight excluding hydrogens is 300 g/mol. The van der Waals surface area contributed by atoms with Gasteiger partial charge in [0.2, 0.25) is 0 Å². The van der Waals surface area contributed by atoms with Crippen LogP contribution in [0.15, 0.2) is 35.6 Å². The maximum atomic E-state index is 10.5. The number of nitrogens with zero attached hydrogens (tertiary/aromatic N) is 2. The molecule has 2 N–H and O–H groups in total. The molecule has 0 unspecified atom stereocenters. The van der Waals surface area contributed by atoms with Gasteiger partial charge in [0.1, 0.15) is 9.34 Å². The van der Waals surface area contributed by atoms with Crippen LogP contribution in [0.4, 0.5) is 0 Å². The Morgan fingerprint density at radius 2 is 2.00 bits per heavy atom. The van der Waals surface area contributed by atoms with Crippen molar-refractivity contribution in [1.82, 2.24) is 4.98 Å². The highest BCUT2D eigenvalue weighted by Gasteiger charge is 2.09. The SMILES string of the molecule is O=C(O)CCC(=NO)c1ccc(-c2ncc(Cl)s2)cc1. The van der Waals surface area contributed by atoms with Gasteiger partial charge in [-0.25, -0.2) is 4.98 Å². The lowest BCUT2D eigenvalue weighted by Crippen LogP contribution is -2.05. The Balaban J connectivity index is 2.16. The van der Waals surface area contributed by atoms with Crippen molar-refractivity contribution in [3.05, 3.63) is 40.4 Å². The van der Waals surface area contributed by atoms with Gasteiger partial charge in [-0.15, -0.1) is 11.3 Å². The Morgan fingerprint density at radius 3 is 2.50 bits per heavy atom. The molecule has 0 bridgehead atoms. The molecule has 0 aliphatic rings. The topological polar surface area (TPSA) is 82.8 Å². The number of carboxylic acid groups (broad SMARTS) is 1. The van der Waals surface area contributed by atoms with E-state index in [0.717, 1.165) is 10.6 Å². The third-order valence-electron chi connectivity index (χ3n) is 2.64. The van der Waals surface area contributed by atoms with Crippen molar-refractivity contribution < 1.29 is 15.1 Å². The van der Waals surface area contributed by atoms with Gasteiger partial charge in [-0.2, -0.15) is 0 Å². The van der Waals surface area contributed by atoms with Crippen molar-refractivity contribution >= 4 is 34.6 Å². The lowest BCUT2D eigenvalue weighted by molar-refractivity contribution is -0.136. The number of rotatable bonds is 5. The zero-order valence-corrected chi connectivity index (χ0v) is 11.9. The van der Waals surface area contributed by atoms with Crippen molar-refractivity contribution in [2.45, 2.75) is 12.8 Å². The van der Waals surface area contributed by atoms with E-state index in [4.69, 9.17) is 21.9 Å². The van der Waals surface area contributed by atoms with Gasteiger partial charge >= 0.3 is 5.97 Å². The van der Waals surface area contributed by atoms with Gasteiger partial charge in [0.15, 0.2) is 0 Å². The number of aromatic nitrogens is 1. The molecule has 104 valence electrons. The summed E-state index contributed by atoms with van der Waals surface area (Å²) in [4.78, 5) is 14.7. The van der Waals surface area contributed by atoms with Gasteiger partial charge < -0.3 is 10.3 Å². The van der Waals surface area contributed by atoms with Crippen molar-refractivity contribution in [2.75, 3.05) is 0 Å². The van der Waals surface area contributed by atoms with E-state index >= 15 is 0 Å². The molecule has 0 aliphatic heterocycles. The second-order valence-corrected chi connectivity index (χ2v) is 5.65. The number of benzene rings is 1. The summed E-state index contributed by atoms with van der Waals surface area (Å²) in [5.74, 6) is -0.930. The second kappa shape index (κ2) is 6.49. The highest BCUT2D eigenvalue weighted by atomic mass is 35.5. The monoisotopic (exact) mass is 310 g/mol. The molecule has 0 atom stereocenters. The van der Waals surface area contributed by atoms with Gasteiger partial charge in [0.25, 0.3) is 0 Å². The molecule has 0 radical (unpaired) electrons. The Hall–Kier alpha value is -1.92. The minimum atomic E-state index is -0.930. The van der Waals surface area contributed by atoms with E-state index in [0.29, 0.717) is 15.6 Å². The number of carboxylic acids is 1. The summed E-state index contributed by atoms with van der Waals surface area (Å²) in [6.45, 7) is 0. The molecule has 0 saturated carbocycles. The maximum absolute atomic E-state index is 10.5. The molecule has 1 heterocycles. The minimum Gasteiger partial charge on any atom is -0.481 e. The lowest BCUT2D eigenvalue weighted by Gasteiger charge is -2.04. The number of halogens is 1. The summed E-state index contributed by atoms with van der Waals surface area (Å²) in [6, 6.07) is 7.19. The summed E-state index contributed by atoms with van der Waals surface area (Å²) in [7, 11) is 0. The van der Waals surface area contributed by atoms with E-state index < -0.39 is 5.97 Å². The summed E-state index contributed by atoms with van der Waals surface area (Å²) < 4.78 is 0.614. The third-order valence-corrected chi connectivity index (χ3v) is 3.80. The smallest absolute Gasteiger partial charge is 0.303 e. The fourth-order valence-electron chi connectivity index (χ4n) is 1.67. The van der Waals surface area contributed by atoms with E-state index in [2.05, 4.69) is 10.1 Å². The molecule has 5 nitrogen and oxygen atoms in total. The first-order chi connectivity index (χ1) is 9.60. The van der Waals surface area contributed by atoms with Crippen LogP contribution in [-0.4, -0.2) is 27.0 Å². The molecule has 2 aromatic rings. The van der Waals surface area contributed by atoms with E-state index in [1.54, 1.807) is 18.3 Å². The summed E-state index contributed by atoms with van der Waals surface area (Å²) >= 11 is 7.21. The number of hydrogen-bond donors (Lipinski definition) is 2. The maximum Gasteiger partial charge on any atom is 0.303 e. The largest absolute Gasteiger partial charge is 0.481 e. The first kappa shape index (κ1) is 14.5. The van der Waals surface area contributed by atoms with Crippen LogP contribution in [0.3, 0.4) is 0 Å². The first-order valence-corrected chi connectivity index (χ1v) is 6.94. The Labute approximate surface area is 124 Å². The average molecular weight is 311 g/mol. The molecule has 0 aliphatic carbocycles. The molecule has 0 fully saturated rings. The summed E-state index contributed by atoms with van der Waals surface area (Å²) in [6.07, 6.45) is 1.68. The molecule has 0 amide bonds. The molecule has 1 aromatic carbocycles. The normalized spacial score (nSPS) is 11.6. The van der Waals surface area contributed by atoms with Crippen molar-refractivity contribution in [2.24, 2.45) is 5.16 Å². The van der Waals surface area contributed by atoms with Gasteiger partial charge in [-0.05, 0) is 5.56 Å². The standard InChI is InChI=1S/C13H11ClN2O3S/c14-11-7-15-13(20-11)9-3-1-8(2-4-9)10(16-19)5-6-12(17)18/h1-4,7,19H,5-6H2,(H,17,18). The molecular formula is C13H11ClN2O3S. The van der Waals surface area contributed by atoms with Crippen LogP contribution in [0.5, 0.6) is 0 Å². The Morgan fingerprint density at radius 1 is 1.30 bits per heavy atom. The van der Waals surface area contributed by atoms with Crippen molar-refractivity contribution in [3.63, 3.8) is 0 Å². The van der Waals surface area contributed by atoms with Crippen LogP contribution in [-0.2, 0) is 4.79 Å². The predicted molar refractivity (Wildman–Crippen MR) is 77.8 cm³/mol. The Kier molecular flexibility index (Phi) is 4.70. The van der Waals surface area contributed by atoms with Crippen LogP contribution in [0.1, 0.15) is 18.4 Å². The van der Waals surface area contributed by atoms with Gasteiger partial charge in [-0.1, -0.05) is 41.0 Å². The highest BCUT2D eigenvalue weighted by molar-refractivity contribution is 7.18. The van der Waals surface area contributed by atoms with Gasteiger partial charge in [0, 0.05) is 12.0 Å². The first-order valence-electron chi connectivity index (χ1n) is 5.75. The highest BCUT2D eigenvalue weighted by Crippen LogP contribution is 2.28. The molecule has 7 heteroatoms. The van der Waals surface area contributed by atoms with Crippen molar-refractivity contribution in [3.8, 4) is 10.6 Å². The predicted octanol–water partition coefficient (Wildman–Crippen LogP) is 3.51. The number of hydrogen-bond acceptors (Lipinski definition) is 5. The number of carbonyl (C=O) groups is 1. The molecule has 0 spiro atoms. The van der Waals surface area contributed by atoms with Crippen LogP contribution in [0, 0.1) is 0 Å². The molecule has 2 rings (SSSR count). The van der Waals surface area contributed by atoms with Gasteiger partial charge in [0.05, 0.1) is 18.3 Å². The van der Waals surface area contributed by atoms with E-state index in [1.807, 2.05) is 12.1 Å². The fraction of sp³-hybridized carbons (Fsp3) is 0.154.